The average molecular weight is 397 g/mol. The Morgan fingerprint density at radius 1 is 1.25 bits per heavy atom. The van der Waals surface area contributed by atoms with Crippen LogP contribution in [0.3, 0.4) is 0 Å². The molecule has 0 bridgehead atoms. The lowest BCUT2D eigenvalue weighted by molar-refractivity contribution is -0.133. The third kappa shape index (κ3) is 9.50. The van der Waals surface area contributed by atoms with E-state index >= 15 is 0 Å². The molecule has 0 aliphatic heterocycles. The third-order valence-electron chi connectivity index (χ3n) is 3.55. The summed E-state index contributed by atoms with van der Waals surface area (Å²) in [4.78, 5) is 60.3. The Kier molecular flexibility index (Phi) is 12.4. The number of hydrogen-bond donors (Lipinski definition) is 4. The molecule has 4 amide bonds. The first kappa shape index (κ1) is 24.8. The van der Waals surface area contributed by atoms with Crippen molar-refractivity contribution in [3.63, 3.8) is 0 Å². The summed E-state index contributed by atoms with van der Waals surface area (Å²) in [5.74, 6) is -2.41. The van der Waals surface area contributed by atoms with Crippen LogP contribution in [-0.2, 0) is 24.0 Å². The summed E-state index contributed by atoms with van der Waals surface area (Å²) in [5.41, 5.74) is 18.9. The Balaban J connectivity index is 4.82. The standard InChI is InChI=1S/C15H25N8O5/c1-2-10(9-24)23(22-21-18)14(27)6-8-19-15(28)11(3-4-12(17)25)20-13(26)5-7-16/h10-11H,2-8,16H2,1H3,(H2,17,25)(H,19,28)(H,20,26)/t10-,11-/m0/s1. The van der Waals surface area contributed by atoms with E-state index in [0.29, 0.717) is 5.01 Å². The molecule has 13 nitrogen and oxygen atoms in total. The highest BCUT2D eigenvalue weighted by Gasteiger charge is 2.27. The van der Waals surface area contributed by atoms with E-state index in [4.69, 9.17) is 17.0 Å². The normalized spacial score (nSPS) is 12.1. The highest BCUT2D eigenvalue weighted by Crippen LogP contribution is 2.06. The Bertz CT molecular complexity index is 620. The van der Waals surface area contributed by atoms with Crippen molar-refractivity contribution in [1.82, 2.24) is 15.6 Å². The number of carbonyl (C=O) groups excluding carboxylic acids is 5. The molecule has 28 heavy (non-hydrogen) atoms. The summed E-state index contributed by atoms with van der Waals surface area (Å²) >= 11 is 0. The molecule has 0 aromatic heterocycles. The zero-order chi connectivity index (χ0) is 21.5. The highest BCUT2D eigenvalue weighted by molar-refractivity contribution is 5.88. The topological polar surface area (TPSA) is 213 Å². The maximum Gasteiger partial charge on any atom is 0.315 e. The number of amides is 4. The first-order valence-corrected chi connectivity index (χ1v) is 8.60. The molecule has 0 aromatic carbocycles. The molecule has 0 fully saturated rings. The van der Waals surface area contributed by atoms with Gasteiger partial charge in [0, 0.05) is 25.9 Å². The molecule has 0 saturated carbocycles. The van der Waals surface area contributed by atoms with Crippen LogP contribution in [-0.4, -0.2) is 60.1 Å². The third-order valence-corrected chi connectivity index (χ3v) is 3.55. The fourth-order valence-corrected chi connectivity index (χ4v) is 2.12. The van der Waals surface area contributed by atoms with Gasteiger partial charge < -0.3 is 22.1 Å². The lowest BCUT2D eigenvalue weighted by Crippen LogP contribution is -2.48. The Labute approximate surface area is 161 Å². The second-order valence-corrected chi connectivity index (χ2v) is 5.66. The summed E-state index contributed by atoms with van der Waals surface area (Å²) in [5, 5.41) is 8.71. The molecule has 1 radical (unpaired) electrons. The van der Waals surface area contributed by atoms with Gasteiger partial charge in [-0.2, -0.15) is 9.92 Å². The van der Waals surface area contributed by atoms with Gasteiger partial charge in [-0.25, -0.2) is 4.79 Å². The largest absolute Gasteiger partial charge is 0.370 e. The van der Waals surface area contributed by atoms with E-state index in [1.165, 1.54) is 0 Å². The van der Waals surface area contributed by atoms with Crippen LogP contribution in [0.5, 0.6) is 0 Å². The number of nitrogens with zero attached hydrogens (tertiary/aromatic N) is 4. The van der Waals surface area contributed by atoms with Crippen LogP contribution in [0.4, 0.5) is 0 Å². The molecule has 0 unspecified atom stereocenters. The van der Waals surface area contributed by atoms with E-state index in [1.807, 2.05) is 0 Å². The maximum absolute atomic E-state index is 12.2. The minimum Gasteiger partial charge on any atom is -0.370 e. The van der Waals surface area contributed by atoms with Crippen molar-refractivity contribution in [2.75, 3.05) is 13.1 Å². The summed E-state index contributed by atoms with van der Waals surface area (Å²) in [6.07, 6.45) is 1.39. The quantitative estimate of drug-likeness (QED) is 0.119. The van der Waals surface area contributed by atoms with Gasteiger partial charge in [0.1, 0.15) is 6.04 Å². The molecule has 0 aliphatic rings. The molecule has 155 valence electrons. The molecule has 13 heteroatoms. The minimum atomic E-state index is -1.03. The van der Waals surface area contributed by atoms with Gasteiger partial charge in [-0.15, -0.1) is 5.53 Å². The van der Waals surface area contributed by atoms with Crippen molar-refractivity contribution < 1.29 is 24.0 Å². The van der Waals surface area contributed by atoms with Crippen molar-refractivity contribution in [2.24, 2.45) is 16.7 Å². The summed E-state index contributed by atoms with van der Waals surface area (Å²) < 4.78 is 0. The SMILES string of the molecule is CC[C@@H]([C]=O)N(N=[N+]=[N-])C(=O)CCNC(=O)[C@H](CCC(N)=O)NC(=O)CCN. The molecular weight excluding hydrogens is 372 g/mol. The molecule has 0 aromatic rings. The minimum absolute atomic E-state index is 0.000558. The summed E-state index contributed by atoms with van der Waals surface area (Å²) in [6, 6.07) is -2.06. The molecule has 6 N–H and O–H groups in total. The summed E-state index contributed by atoms with van der Waals surface area (Å²) in [6.45, 7) is 1.55. The van der Waals surface area contributed by atoms with Crippen molar-refractivity contribution in [3.8, 4) is 0 Å². The van der Waals surface area contributed by atoms with E-state index < -0.39 is 35.7 Å². The number of nitrogens with two attached hydrogens (primary N) is 2. The predicted octanol–water partition coefficient (Wildman–Crippen LogP) is -1.47. The maximum atomic E-state index is 12.2. The molecular formula is C15H25N8O5. The number of hydrogen-bond acceptors (Lipinski definition) is 7. The van der Waals surface area contributed by atoms with Crippen LogP contribution >= 0.6 is 0 Å². The zero-order valence-corrected chi connectivity index (χ0v) is 15.6. The van der Waals surface area contributed by atoms with Crippen LogP contribution in [0, 0.1) is 0 Å². The number of primary amides is 1. The predicted molar refractivity (Wildman–Crippen MR) is 97.4 cm³/mol. The lowest BCUT2D eigenvalue weighted by atomic mass is 10.1. The smallest absolute Gasteiger partial charge is 0.315 e. The fourth-order valence-electron chi connectivity index (χ4n) is 2.12. The van der Waals surface area contributed by atoms with Gasteiger partial charge in [-0.1, -0.05) is 6.92 Å². The number of rotatable bonds is 14. The van der Waals surface area contributed by atoms with Crippen LogP contribution in [0.15, 0.2) is 5.22 Å². The molecule has 0 aliphatic carbocycles. The van der Waals surface area contributed by atoms with E-state index in [0.717, 1.165) is 0 Å². The van der Waals surface area contributed by atoms with Gasteiger partial charge in [0.25, 0.3) is 0 Å². The van der Waals surface area contributed by atoms with Crippen molar-refractivity contribution >= 4 is 29.9 Å². The Morgan fingerprint density at radius 3 is 2.43 bits per heavy atom. The molecule has 0 saturated heterocycles. The van der Waals surface area contributed by atoms with Gasteiger partial charge in [-0.05, 0) is 18.1 Å². The van der Waals surface area contributed by atoms with Crippen molar-refractivity contribution in [3.05, 3.63) is 10.4 Å². The zero-order valence-electron chi connectivity index (χ0n) is 15.6. The average Bonchev–Trinajstić information content (AvgIpc) is 2.65. The Morgan fingerprint density at radius 2 is 1.93 bits per heavy atom. The fraction of sp³-hybridized carbons (Fsp3) is 0.667. The Hall–Kier alpha value is -3.18. The first-order chi connectivity index (χ1) is 13.3. The second-order valence-electron chi connectivity index (χ2n) is 5.66. The van der Waals surface area contributed by atoms with E-state index in [9.17, 15) is 24.0 Å². The van der Waals surface area contributed by atoms with E-state index in [2.05, 4.69) is 20.8 Å². The van der Waals surface area contributed by atoms with Gasteiger partial charge >= 0.3 is 5.91 Å². The number of nitrogens with one attached hydrogen (secondary N) is 2. The highest BCUT2D eigenvalue weighted by atomic mass is 16.2. The van der Waals surface area contributed by atoms with E-state index in [1.54, 1.807) is 13.2 Å². The van der Waals surface area contributed by atoms with Gasteiger partial charge in [0.15, 0.2) is 6.04 Å². The van der Waals surface area contributed by atoms with Crippen molar-refractivity contribution in [1.29, 1.82) is 0 Å². The van der Waals surface area contributed by atoms with Gasteiger partial charge in [-0.3, -0.25) is 19.2 Å². The van der Waals surface area contributed by atoms with Crippen LogP contribution in [0.25, 0.3) is 10.4 Å². The summed E-state index contributed by atoms with van der Waals surface area (Å²) in [7, 11) is 0. The van der Waals surface area contributed by atoms with Crippen LogP contribution < -0.4 is 22.1 Å². The molecule has 0 spiro atoms. The van der Waals surface area contributed by atoms with Crippen LogP contribution in [0.2, 0.25) is 0 Å². The van der Waals surface area contributed by atoms with Crippen LogP contribution in [0.1, 0.15) is 39.0 Å². The second kappa shape index (κ2) is 13.9. The monoisotopic (exact) mass is 397 g/mol. The molecule has 2 atom stereocenters. The lowest BCUT2D eigenvalue weighted by Gasteiger charge is -2.19. The van der Waals surface area contributed by atoms with Crippen molar-refractivity contribution in [2.45, 2.75) is 51.1 Å². The molecule has 0 heterocycles. The van der Waals surface area contributed by atoms with E-state index in [-0.39, 0.29) is 45.2 Å². The van der Waals surface area contributed by atoms with Gasteiger partial charge in [0.2, 0.25) is 24.0 Å². The first-order valence-electron chi connectivity index (χ1n) is 8.60. The molecule has 0 rings (SSSR count). The van der Waals surface area contributed by atoms with Gasteiger partial charge in [0.05, 0.1) is 6.42 Å². The number of carbonyl (C=O) groups is 4. The number of azide groups is 1.